The van der Waals surface area contributed by atoms with E-state index in [4.69, 9.17) is 16.3 Å². The summed E-state index contributed by atoms with van der Waals surface area (Å²) in [5, 5.41) is 1.36. The minimum Gasteiger partial charge on any atom is -0.483 e. The lowest BCUT2D eigenvalue weighted by Gasteiger charge is -2.10. The number of hydrogen-bond donors (Lipinski definition) is 2. The Bertz CT molecular complexity index is 987. The van der Waals surface area contributed by atoms with E-state index in [2.05, 4.69) is 26.8 Å². The van der Waals surface area contributed by atoms with Gasteiger partial charge in [-0.05, 0) is 40.2 Å². The first-order chi connectivity index (χ1) is 12.5. The van der Waals surface area contributed by atoms with Gasteiger partial charge in [-0.25, -0.2) is 0 Å². The van der Waals surface area contributed by atoms with Crippen LogP contribution in [-0.2, 0) is 11.8 Å². The second-order valence-corrected chi connectivity index (χ2v) is 6.83. The molecule has 0 spiro atoms. The summed E-state index contributed by atoms with van der Waals surface area (Å²) in [5.41, 5.74) is 6.15. The number of hydrogen-bond acceptors (Lipinski definition) is 3. The first-order valence-electron chi connectivity index (χ1n) is 7.67. The molecule has 0 saturated heterocycles. The van der Waals surface area contributed by atoms with Crippen LogP contribution in [0.4, 0.5) is 0 Å². The Hall–Kier alpha value is -2.51. The van der Waals surface area contributed by atoms with Gasteiger partial charge in [0.25, 0.3) is 11.8 Å². The maximum Gasteiger partial charge on any atom is 0.276 e. The van der Waals surface area contributed by atoms with Crippen molar-refractivity contribution in [3.8, 4) is 5.75 Å². The number of ether oxygens (including phenoxy) is 1. The summed E-state index contributed by atoms with van der Waals surface area (Å²) in [7, 11) is 1.86. The van der Waals surface area contributed by atoms with Crippen molar-refractivity contribution in [2.24, 2.45) is 7.05 Å². The van der Waals surface area contributed by atoms with Gasteiger partial charge in [0.1, 0.15) is 5.75 Å². The molecule has 0 aliphatic rings. The first kappa shape index (κ1) is 18.3. The molecule has 26 heavy (non-hydrogen) atoms. The van der Waals surface area contributed by atoms with Crippen LogP contribution in [-0.4, -0.2) is 23.0 Å². The fourth-order valence-electron chi connectivity index (χ4n) is 2.49. The van der Waals surface area contributed by atoms with E-state index >= 15 is 0 Å². The van der Waals surface area contributed by atoms with Crippen LogP contribution in [0.3, 0.4) is 0 Å². The fraction of sp³-hybridized carbons (Fsp3) is 0.111. The molecule has 1 heterocycles. The lowest BCUT2D eigenvalue weighted by atomic mass is 10.2. The predicted octanol–water partition coefficient (Wildman–Crippen LogP) is 3.43. The largest absolute Gasteiger partial charge is 0.483 e. The molecule has 134 valence electrons. The SMILES string of the molecule is Cn1cc(C(=O)NNC(=O)COc2ccc(Cl)cc2Br)c2ccccc21. The molecule has 8 heteroatoms. The molecule has 0 fully saturated rings. The smallest absolute Gasteiger partial charge is 0.276 e. The first-order valence-corrected chi connectivity index (χ1v) is 8.84. The molecule has 0 bridgehead atoms. The molecule has 0 atom stereocenters. The Labute approximate surface area is 163 Å². The third-order valence-corrected chi connectivity index (χ3v) is 4.56. The maximum atomic E-state index is 12.3. The molecule has 6 nitrogen and oxygen atoms in total. The van der Waals surface area contributed by atoms with E-state index in [0.717, 1.165) is 10.9 Å². The summed E-state index contributed by atoms with van der Waals surface area (Å²) in [4.78, 5) is 24.2. The average Bonchev–Trinajstić information content (AvgIpc) is 2.96. The highest BCUT2D eigenvalue weighted by Gasteiger charge is 2.14. The quantitative estimate of drug-likeness (QED) is 0.616. The highest BCUT2D eigenvalue weighted by Crippen LogP contribution is 2.27. The van der Waals surface area contributed by atoms with Gasteiger partial charge in [-0.1, -0.05) is 29.8 Å². The Morgan fingerprint density at radius 3 is 2.73 bits per heavy atom. The third-order valence-electron chi connectivity index (χ3n) is 3.71. The molecule has 0 aliphatic heterocycles. The molecule has 1 aromatic heterocycles. The lowest BCUT2D eigenvalue weighted by molar-refractivity contribution is -0.123. The Balaban J connectivity index is 1.58. The van der Waals surface area contributed by atoms with Crippen LogP contribution in [0.1, 0.15) is 10.4 Å². The topological polar surface area (TPSA) is 72.4 Å². The van der Waals surface area contributed by atoms with E-state index in [1.165, 1.54) is 0 Å². The number of carbonyl (C=O) groups is 2. The summed E-state index contributed by atoms with van der Waals surface area (Å²) >= 11 is 9.15. The van der Waals surface area contributed by atoms with Crippen LogP contribution < -0.4 is 15.6 Å². The van der Waals surface area contributed by atoms with Crippen molar-refractivity contribution in [1.82, 2.24) is 15.4 Å². The standard InChI is InChI=1S/C18H15BrClN3O3/c1-23-9-13(12-4-2-3-5-15(12)23)18(25)22-21-17(24)10-26-16-7-6-11(20)8-14(16)19/h2-9H,10H2,1H3,(H,21,24)(H,22,25). The van der Waals surface area contributed by atoms with Gasteiger partial charge in [-0.15, -0.1) is 0 Å². The summed E-state index contributed by atoms with van der Waals surface area (Å²) in [6.45, 7) is -0.254. The number of halogens is 2. The van der Waals surface area contributed by atoms with Gasteiger partial charge < -0.3 is 9.30 Å². The van der Waals surface area contributed by atoms with Crippen molar-refractivity contribution in [2.75, 3.05) is 6.61 Å². The summed E-state index contributed by atoms with van der Waals surface area (Å²) in [6.07, 6.45) is 1.72. The highest BCUT2D eigenvalue weighted by molar-refractivity contribution is 9.10. The number of nitrogens with zero attached hydrogens (tertiary/aromatic N) is 1. The van der Waals surface area contributed by atoms with Gasteiger partial charge in [-0.3, -0.25) is 20.4 Å². The second kappa shape index (κ2) is 7.80. The zero-order valence-electron chi connectivity index (χ0n) is 13.8. The maximum absolute atomic E-state index is 12.3. The van der Waals surface area contributed by atoms with E-state index in [1.54, 1.807) is 24.4 Å². The van der Waals surface area contributed by atoms with Crippen LogP contribution >= 0.6 is 27.5 Å². The van der Waals surface area contributed by atoms with E-state index in [0.29, 0.717) is 20.8 Å². The lowest BCUT2D eigenvalue weighted by Crippen LogP contribution is -2.43. The van der Waals surface area contributed by atoms with Crippen molar-refractivity contribution >= 4 is 50.2 Å². The molecule has 0 aliphatic carbocycles. The highest BCUT2D eigenvalue weighted by atomic mass is 79.9. The minimum atomic E-state index is -0.486. The van der Waals surface area contributed by atoms with E-state index in [1.807, 2.05) is 35.9 Å². The molecule has 3 rings (SSSR count). The summed E-state index contributed by atoms with van der Waals surface area (Å²) < 4.78 is 7.88. The predicted molar refractivity (Wildman–Crippen MR) is 103 cm³/mol. The molecule has 2 amide bonds. The number of para-hydroxylation sites is 1. The van der Waals surface area contributed by atoms with Crippen LogP contribution in [0.2, 0.25) is 5.02 Å². The average molecular weight is 437 g/mol. The number of nitrogens with one attached hydrogen (secondary N) is 2. The normalized spacial score (nSPS) is 10.6. The van der Waals surface area contributed by atoms with Gasteiger partial charge in [-0.2, -0.15) is 0 Å². The number of benzene rings is 2. The van der Waals surface area contributed by atoms with Crippen molar-refractivity contribution in [3.63, 3.8) is 0 Å². The molecule has 2 N–H and O–H groups in total. The van der Waals surface area contributed by atoms with Crippen molar-refractivity contribution in [1.29, 1.82) is 0 Å². The van der Waals surface area contributed by atoms with Gasteiger partial charge >= 0.3 is 0 Å². The molecular weight excluding hydrogens is 422 g/mol. The van der Waals surface area contributed by atoms with E-state index < -0.39 is 11.8 Å². The number of aryl methyl sites for hydroxylation is 1. The van der Waals surface area contributed by atoms with Crippen LogP contribution in [0.25, 0.3) is 10.9 Å². The number of rotatable bonds is 4. The molecule has 0 unspecified atom stereocenters. The number of carbonyl (C=O) groups excluding carboxylic acids is 2. The molecule has 3 aromatic rings. The van der Waals surface area contributed by atoms with Crippen molar-refractivity contribution in [2.45, 2.75) is 0 Å². The van der Waals surface area contributed by atoms with Crippen LogP contribution in [0.15, 0.2) is 53.1 Å². The monoisotopic (exact) mass is 435 g/mol. The van der Waals surface area contributed by atoms with E-state index in [9.17, 15) is 9.59 Å². The molecular formula is C18H15BrClN3O3. The fourth-order valence-corrected chi connectivity index (χ4v) is 3.29. The number of amides is 2. The zero-order chi connectivity index (χ0) is 18.7. The number of fused-ring (bicyclic) bond motifs is 1. The third kappa shape index (κ3) is 4.00. The summed E-state index contributed by atoms with van der Waals surface area (Å²) in [5.74, 6) is -0.409. The Kier molecular flexibility index (Phi) is 5.49. The van der Waals surface area contributed by atoms with Crippen molar-refractivity contribution < 1.29 is 14.3 Å². The Morgan fingerprint density at radius 2 is 1.96 bits per heavy atom. The van der Waals surface area contributed by atoms with Gasteiger partial charge in [0, 0.05) is 29.2 Å². The molecule has 0 saturated carbocycles. The van der Waals surface area contributed by atoms with E-state index in [-0.39, 0.29) is 6.61 Å². The van der Waals surface area contributed by atoms with Gasteiger partial charge in [0.15, 0.2) is 6.61 Å². The van der Waals surface area contributed by atoms with Crippen LogP contribution in [0.5, 0.6) is 5.75 Å². The summed E-state index contributed by atoms with van der Waals surface area (Å²) in [6, 6.07) is 12.5. The second-order valence-electron chi connectivity index (χ2n) is 5.54. The Morgan fingerprint density at radius 1 is 1.19 bits per heavy atom. The van der Waals surface area contributed by atoms with Gasteiger partial charge in [0.2, 0.25) is 0 Å². The van der Waals surface area contributed by atoms with Gasteiger partial charge in [0.05, 0.1) is 10.0 Å². The van der Waals surface area contributed by atoms with Crippen LogP contribution in [0, 0.1) is 0 Å². The van der Waals surface area contributed by atoms with Crippen molar-refractivity contribution in [3.05, 3.63) is 63.7 Å². The molecule has 2 aromatic carbocycles. The number of hydrazine groups is 1. The zero-order valence-corrected chi connectivity index (χ0v) is 16.1. The minimum absolute atomic E-state index is 0.254. The number of aromatic nitrogens is 1. The molecule has 0 radical (unpaired) electrons.